The Morgan fingerprint density at radius 3 is 2.38 bits per heavy atom. The molecule has 1 N–H and O–H groups in total. The van der Waals surface area contributed by atoms with E-state index >= 15 is 0 Å². The van der Waals surface area contributed by atoms with Crippen LogP contribution in [0.5, 0.6) is 0 Å². The molecule has 1 atom stereocenters. The first-order valence-electron chi connectivity index (χ1n) is 11.5. The highest BCUT2D eigenvalue weighted by Crippen LogP contribution is 2.38. The van der Waals surface area contributed by atoms with Gasteiger partial charge in [0, 0.05) is 18.5 Å². The number of fused-ring (bicyclic) bond motifs is 1. The molecule has 0 spiro atoms. The third-order valence-electron chi connectivity index (χ3n) is 7.09. The fourth-order valence-corrected chi connectivity index (χ4v) is 5.07. The van der Waals surface area contributed by atoms with Gasteiger partial charge >= 0.3 is 12.1 Å². The molecule has 34 heavy (non-hydrogen) atoms. The number of halogens is 4. The fraction of sp³-hybridized carbons (Fsp3) is 0.542. The zero-order valence-electron chi connectivity index (χ0n) is 18.8. The monoisotopic (exact) mass is 481 g/mol. The average Bonchev–Trinajstić information content (AvgIpc) is 3.19. The second-order valence-electron chi connectivity index (χ2n) is 9.27. The van der Waals surface area contributed by atoms with Gasteiger partial charge in [-0.1, -0.05) is 12.1 Å². The highest BCUT2D eigenvalue weighted by atomic mass is 19.4. The molecule has 2 aromatic rings. The number of rotatable bonds is 5. The van der Waals surface area contributed by atoms with E-state index in [9.17, 15) is 27.2 Å². The van der Waals surface area contributed by atoms with Crippen LogP contribution in [0.3, 0.4) is 0 Å². The predicted octanol–water partition coefficient (Wildman–Crippen LogP) is 4.82. The second-order valence-corrected chi connectivity index (χ2v) is 9.27. The molecule has 0 saturated heterocycles. The summed E-state index contributed by atoms with van der Waals surface area (Å²) in [7, 11) is 0. The highest BCUT2D eigenvalue weighted by molar-refractivity contribution is 5.77. The Balaban J connectivity index is 1.54. The van der Waals surface area contributed by atoms with Crippen LogP contribution in [-0.4, -0.2) is 38.2 Å². The van der Waals surface area contributed by atoms with Gasteiger partial charge in [-0.2, -0.15) is 18.3 Å². The third kappa shape index (κ3) is 4.95. The summed E-state index contributed by atoms with van der Waals surface area (Å²) in [6, 6.07) is 4.95. The van der Waals surface area contributed by atoms with Crippen LogP contribution in [-0.2, 0) is 28.7 Å². The first-order valence-corrected chi connectivity index (χ1v) is 11.5. The molecule has 1 saturated carbocycles. The number of amides is 1. The molecule has 1 aliphatic carbocycles. The SMILES string of the molecule is CC(c1ccc(F)cc1)n1nc(C(F)(F)F)c2c1CN(C(=O)C[C@H]1CC[C@@H](C(=O)O)CC1)CC2. The van der Waals surface area contributed by atoms with Gasteiger partial charge in [-0.3, -0.25) is 14.3 Å². The number of nitrogens with zero attached hydrogens (tertiary/aromatic N) is 3. The lowest BCUT2D eigenvalue weighted by Crippen LogP contribution is -2.38. The number of aliphatic carboxylic acids is 1. The van der Waals surface area contributed by atoms with Gasteiger partial charge in [0.2, 0.25) is 5.91 Å². The Labute approximate surface area is 194 Å². The van der Waals surface area contributed by atoms with Crippen molar-refractivity contribution < 1.29 is 32.3 Å². The van der Waals surface area contributed by atoms with Crippen molar-refractivity contribution in [2.75, 3.05) is 6.54 Å². The van der Waals surface area contributed by atoms with Gasteiger partial charge in [0.25, 0.3) is 0 Å². The lowest BCUT2D eigenvalue weighted by molar-refractivity contribution is -0.143. The Morgan fingerprint density at radius 2 is 1.79 bits per heavy atom. The van der Waals surface area contributed by atoms with Gasteiger partial charge in [-0.25, -0.2) is 4.39 Å². The lowest BCUT2D eigenvalue weighted by Gasteiger charge is -2.32. The number of carboxylic acids is 1. The van der Waals surface area contributed by atoms with Crippen molar-refractivity contribution in [1.29, 1.82) is 0 Å². The zero-order valence-corrected chi connectivity index (χ0v) is 18.8. The van der Waals surface area contributed by atoms with E-state index in [1.165, 1.54) is 28.9 Å². The van der Waals surface area contributed by atoms with Crippen LogP contribution < -0.4 is 0 Å². The van der Waals surface area contributed by atoms with Crippen molar-refractivity contribution in [1.82, 2.24) is 14.7 Å². The number of aromatic nitrogens is 2. The molecule has 1 aliphatic heterocycles. The van der Waals surface area contributed by atoms with Gasteiger partial charge in [0.05, 0.1) is 24.2 Å². The van der Waals surface area contributed by atoms with Crippen LogP contribution in [0, 0.1) is 17.7 Å². The Kier molecular flexibility index (Phi) is 6.69. The van der Waals surface area contributed by atoms with Crippen LogP contribution in [0.25, 0.3) is 0 Å². The summed E-state index contributed by atoms with van der Waals surface area (Å²) < 4.78 is 55.8. The molecule has 10 heteroatoms. The van der Waals surface area contributed by atoms with E-state index in [0.29, 0.717) is 36.9 Å². The molecule has 1 fully saturated rings. The Hall–Kier alpha value is -2.91. The van der Waals surface area contributed by atoms with E-state index in [4.69, 9.17) is 5.11 Å². The van der Waals surface area contributed by atoms with Crippen molar-refractivity contribution in [3.63, 3.8) is 0 Å². The van der Waals surface area contributed by atoms with Crippen molar-refractivity contribution >= 4 is 11.9 Å². The molecule has 4 rings (SSSR count). The van der Waals surface area contributed by atoms with Crippen molar-refractivity contribution in [3.8, 4) is 0 Å². The van der Waals surface area contributed by atoms with Crippen molar-refractivity contribution in [3.05, 3.63) is 52.6 Å². The van der Waals surface area contributed by atoms with E-state index in [2.05, 4.69) is 5.10 Å². The molecule has 1 aromatic carbocycles. The minimum absolute atomic E-state index is 0.0211. The molecule has 2 aliphatic rings. The van der Waals surface area contributed by atoms with Gasteiger partial charge in [0.1, 0.15) is 5.82 Å². The average molecular weight is 481 g/mol. The lowest BCUT2D eigenvalue weighted by atomic mass is 9.80. The largest absolute Gasteiger partial charge is 0.481 e. The minimum atomic E-state index is -4.62. The molecule has 1 aromatic heterocycles. The number of carbonyl (C=O) groups excluding carboxylic acids is 1. The van der Waals surface area contributed by atoms with Crippen LogP contribution >= 0.6 is 0 Å². The van der Waals surface area contributed by atoms with Crippen LogP contribution in [0.2, 0.25) is 0 Å². The molecule has 2 heterocycles. The Bertz CT molecular complexity index is 1060. The normalized spacial score (nSPS) is 21.7. The summed E-state index contributed by atoms with van der Waals surface area (Å²) in [6.45, 7) is 1.89. The summed E-state index contributed by atoms with van der Waals surface area (Å²) in [5.74, 6) is -1.67. The summed E-state index contributed by atoms with van der Waals surface area (Å²) in [6.07, 6.45) is -1.93. The van der Waals surface area contributed by atoms with Crippen molar-refractivity contribution in [2.45, 2.75) is 64.2 Å². The fourth-order valence-electron chi connectivity index (χ4n) is 5.07. The molecule has 184 valence electrons. The molecule has 0 bridgehead atoms. The van der Waals surface area contributed by atoms with Gasteiger partial charge < -0.3 is 10.0 Å². The number of carboxylic acid groups (broad SMARTS) is 1. The number of carbonyl (C=O) groups is 2. The Morgan fingerprint density at radius 1 is 1.15 bits per heavy atom. The smallest absolute Gasteiger partial charge is 0.435 e. The summed E-state index contributed by atoms with van der Waals surface area (Å²) in [4.78, 5) is 25.7. The summed E-state index contributed by atoms with van der Waals surface area (Å²) in [5.41, 5.74) is 0.125. The standard InChI is InChI=1S/C24H27F4N3O3/c1-14(16-6-8-18(25)9-7-16)31-20-13-30(11-10-19(20)22(29-31)24(26,27)28)21(32)12-15-2-4-17(5-3-15)23(33)34/h6-9,14-15,17H,2-5,10-13H2,1H3,(H,33,34)/t14?,15-,17+. The van der Waals surface area contributed by atoms with E-state index in [0.717, 1.165) is 0 Å². The van der Waals surface area contributed by atoms with Crippen molar-refractivity contribution in [2.24, 2.45) is 11.8 Å². The van der Waals surface area contributed by atoms with E-state index in [1.807, 2.05) is 0 Å². The van der Waals surface area contributed by atoms with Crippen LogP contribution in [0.15, 0.2) is 24.3 Å². The second kappa shape index (κ2) is 9.38. The van der Waals surface area contributed by atoms with Gasteiger partial charge in [-0.15, -0.1) is 0 Å². The predicted molar refractivity (Wildman–Crippen MR) is 114 cm³/mol. The van der Waals surface area contributed by atoms with E-state index < -0.39 is 29.7 Å². The minimum Gasteiger partial charge on any atom is -0.481 e. The summed E-state index contributed by atoms with van der Waals surface area (Å²) >= 11 is 0. The van der Waals surface area contributed by atoms with E-state index in [1.54, 1.807) is 11.8 Å². The molecule has 1 unspecified atom stereocenters. The number of alkyl halides is 3. The molecular formula is C24H27F4N3O3. The topological polar surface area (TPSA) is 75.4 Å². The zero-order chi connectivity index (χ0) is 24.6. The summed E-state index contributed by atoms with van der Waals surface area (Å²) in [5, 5.41) is 13.0. The third-order valence-corrected chi connectivity index (χ3v) is 7.09. The van der Waals surface area contributed by atoms with Crippen LogP contribution in [0.1, 0.15) is 67.6 Å². The number of hydrogen-bond acceptors (Lipinski definition) is 3. The first-order chi connectivity index (χ1) is 16.0. The maximum atomic E-state index is 13.7. The maximum Gasteiger partial charge on any atom is 0.435 e. The quantitative estimate of drug-likeness (QED) is 0.622. The number of hydrogen-bond donors (Lipinski definition) is 1. The molecule has 0 radical (unpaired) electrons. The van der Waals surface area contributed by atoms with E-state index in [-0.39, 0.29) is 49.2 Å². The number of benzene rings is 1. The first kappa shape index (κ1) is 24.2. The highest BCUT2D eigenvalue weighted by Gasteiger charge is 2.41. The molecular weight excluding hydrogens is 454 g/mol. The van der Waals surface area contributed by atoms with Crippen LogP contribution in [0.4, 0.5) is 17.6 Å². The molecule has 1 amide bonds. The molecule has 6 nitrogen and oxygen atoms in total. The van der Waals surface area contributed by atoms with Gasteiger partial charge in [-0.05, 0) is 62.6 Å². The maximum absolute atomic E-state index is 13.7. The van der Waals surface area contributed by atoms with Gasteiger partial charge in [0.15, 0.2) is 5.69 Å².